The molecule has 4 rings (SSSR count). The van der Waals surface area contributed by atoms with Crippen molar-refractivity contribution in [1.29, 1.82) is 0 Å². The number of ether oxygens (including phenoxy) is 1. The first-order valence-corrected chi connectivity index (χ1v) is 10.4. The van der Waals surface area contributed by atoms with Crippen LogP contribution in [0.3, 0.4) is 0 Å². The van der Waals surface area contributed by atoms with E-state index in [0.29, 0.717) is 63.8 Å². The number of aryl methyl sites for hydroxylation is 1. The van der Waals surface area contributed by atoms with Gasteiger partial charge in [-0.2, -0.15) is 0 Å². The van der Waals surface area contributed by atoms with Gasteiger partial charge in [0.1, 0.15) is 5.58 Å². The number of rotatable bonds is 1. The minimum Gasteiger partial charge on any atom is -0.451 e. The maximum Gasteiger partial charge on any atom is 0.312 e. The molecule has 3 amide bonds. The Labute approximate surface area is 176 Å². The fourth-order valence-corrected chi connectivity index (χ4v) is 4.05. The molecule has 0 N–H and O–H groups in total. The second-order valence-corrected chi connectivity index (χ2v) is 8.10. The molecule has 2 aromatic rings. The van der Waals surface area contributed by atoms with E-state index in [1.54, 1.807) is 4.90 Å². The van der Waals surface area contributed by atoms with E-state index in [0.717, 1.165) is 15.4 Å². The summed E-state index contributed by atoms with van der Waals surface area (Å²) >= 11 is 3.44. The Kier molecular flexibility index (Phi) is 5.60. The summed E-state index contributed by atoms with van der Waals surface area (Å²) in [7, 11) is 0. The first kappa shape index (κ1) is 19.9. The lowest BCUT2D eigenvalue weighted by Gasteiger charge is -2.35. The van der Waals surface area contributed by atoms with E-state index in [1.165, 1.54) is 9.80 Å². The van der Waals surface area contributed by atoms with Gasteiger partial charge in [0.25, 0.3) is 5.91 Å². The molecular formula is C20H22BrN3O5. The summed E-state index contributed by atoms with van der Waals surface area (Å²) in [6.45, 7) is 5.02. The number of morpholine rings is 1. The normalized spacial score (nSPS) is 17.7. The van der Waals surface area contributed by atoms with Gasteiger partial charge >= 0.3 is 11.8 Å². The number of benzene rings is 1. The first-order chi connectivity index (χ1) is 14.0. The minimum atomic E-state index is -0.510. The molecule has 0 unspecified atom stereocenters. The lowest BCUT2D eigenvalue weighted by atomic mass is 10.1. The Morgan fingerprint density at radius 1 is 0.897 bits per heavy atom. The first-order valence-electron chi connectivity index (χ1n) is 9.59. The zero-order chi connectivity index (χ0) is 20.5. The summed E-state index contributed by atoms with van der Waals surface area (Å²) in [5.41, 5.74) is 1.46. The summed E-state index contributed by atoms with van der Waals surface area (Å²) in [5, 5.41) is 0.896. The van der Waals surface area contributed by atoms with Crippen molar-refractivity contribution in [3.63, 3.8) is 0 Å². The van der Waals surface area contributed by atoms with Gasteiger partial charge in [-0.05, 0) is 25.1 Å². The third-order valence-electron chi connectivity index (χ3n) is 5.43. The molecule has 0 spiro atoms. The molecule has 2 aliphatic rings. The molecule has 0 bridgehead atoms. The number of furan rings is 1. The highest BCUT2D eigenvalue weighted by molar-refractivity contribution is 9.10. The van der Waals surface area contributed by atoms with E-state index in [1.807, 2.05) is 25.1 Å². The molecule has 3 heterocycles. The Morgan fingerprint density at radius 3 is 2.14 bits per heavy atom. The molecule has 2 saturated heterocycles. The van der Waals surface area contributed by atoms with Crippen molar-refractivity contribution in [1.82, 2.24) is 14.7 Å². The van der Waals surface area contributed by atoms with Crippen LogP contribution in [0, 0.1) is 6.92 Å². The molecule has 1 aromatic heterocycles. The number of carbonyl (C=O) groups is 3. The molecule has 1 aromatic carbocycles. The molecule has 2 fully saturated rings. The van der Waals surface area contributed by atoms with Gasteiger partial charge in [0, 0.05) is 54.7 Å². The van der Waals surface area contributed by atoms with Crippen LogP contribution in [0.5, 0.6) is 0 Å². The third-order valence-corrected chi connectivity index (χ3v) is 5.92. The predicted octanol–water partition coefficient (Wildman–Crippen LogP) is 1.65. The van der Waals surface area contributed by atoms with Crippen molar-refractivity contribution in [3.05, 3.63) is 34.0 Å². The fourth-order valence-electron chi connectivity index (χ4n) is 3.69. The number of piperazine rings is 1. The number of amides is 3. The highest BCUT2D eigenvalue weighted by Gasteiger charge is 2.32. The van der Waals surface area contributed by atoms with Crippen LogP contribution in [0.25, 0.3) is 11.0 Å². The number of fused-ring (bicyclic) bond motifs is 1. The van der Waals surface area contributed by atoms with Crippen molar-refractivity contribution >= 4 is 44.6 Å². The van der Waals surface area contributed by atoms with Gasteiger partial charge in [-0.1, -0.05) is 15.9 Å². The van der Waals surface area contributed by atoms with Gasteiger partial charge in [0.15, 0.2) is 5.76 Å². The SMILES string of the molecule is Cc1c(C(=O)N2CCN(C(=O)C(=O)N3CCOCC3)CC2)oc2ccc(Br)cc12. The highest BCUT2D eigenvalue weighted by atomic mass is 79.9. The van der Waals surface area contributed by atoms with E-state index in [4.69, 9.17) is 9.15 Å². The number of halogens is 1. The van der Waals surface area contributed by atoms with E-state index in [-0.39, 0.29) is 5.91 Å². The molecule has 29 heavy (non-hydrogen) atoms. The topological polar surface area (TPSA) is 83.3 Å². The van der Waals surface area contributed by atoms with Gasteiger partial charge in [0.2, 0.25) is 0 Å². The van der Waals surface area contributed by atoms with Gasteiger partial charge in [-0.15, -0.1) is 0 Å². The predicted molar refractivity (Wildman–Crippen MR) is 109 cm³/mol. The van der Waals surface area contributed by atoms with Crippen molar-refractivity contribution in [3.8, 4) is 0 Å². The summed E-state index contributed by atoms with van der Waals surface area (Å²) in [5.74, 6) is -0.876. The molecule has 0 saturated carbocycles. The number of nitrogens with zero attached hydrogens (tertiary/aromatic N) is 3. The molecular weight excluding hydrogens is 442 g/mol. The summed E-state index contributed by atoms with van der Waals surface area (Å²) in [6.07, 6.45) is 0. The molecule has 2 aliphatic heterocycles. The number of hydrogen-bond donors (Lipinski definition) is 0. The monoisotopic (exact) mass is 463 g/mol. The van der Waals surface area contributed by atoms with Crippen LogP contribution in [0.15, 0.2) is 27.1 Å². The quantitative estimate of drug-likeness (QED) is 0.600. The van der Waals surface area contributed by atoms with Crippen LogP contribution in [-0.2, 0) is 14.3 Å². The average molecular weight is 464 g/mol. The highest BCUT2D eigenvalue weighted by Crippen LogP contribution is 2.29. The largest absolute Gasteiger partial charge is 0.451 e. The van der Waals surface area contributed by atoms with Gasteiger partial charge in [-0.25, -0.2) is 0 Å². The standard InChI is InChI=1S/C20H22BrN3O5/c1-13-15-12-14(21)2-3-16(15)29-17(13)18(25)22-4-6-23(7-5-22)19(26)20(27)24-8-10-28-11-9-24/h2-3,12H,4-11H2,1H3. The molecule has 154 valence electrons. The Balaban J connectivity index is 1.40. The van der Waals surface area contributed by atoms with E-state index < -0.39 is 11.8 Å². The maximum absolute atomic E-state index is 13.0. The van der Waals surface area contributed by atoms with Crippen LogP contribution < -0.4 is 0 Å². The smallest absolute Gasteiger partial charge is 0.312 e. The zero-order valence-corrected chi connectivity index (χ0v) is 17.7. The Bertz CT molecular complexity index is 958. The maximum atomic E-state index is 13.0. The van der Waals surface area contributed by atoms with Crippen LogP contribution >= 0.6 is 15.9 Å². The average Bonchev–Trinajstić information content (AvgIpc) is 3.08. The summed E-state index contributed by atoms with van der Waals surface area (Å²) in [6, 6.07) is 5.63. The lowest BCUT2D eigenvalue weighted by Crippen LogP contribution is -2.55. The van der Waals surface area contributed by atoms with Gasteiger partial charge < -0.3 is 23.9 Å². The summed E-state index contributed by atoms with van der Waals surface area (Å²) < 4.78 is 11.9. The zero-order valence-electron chi connectivity index (χ0n) is 16.1. The van der Waals surface area contributed by atoms with Crippen LogP contribution in [0.1, 0.15) is 16.1 Å². The van der Waals surface area contributed by atoms with E-state index in [2.05, 4.69) is 15.9 Å². The molecule has 9 heteroatoms. The lowest BCUT2D eigenvalue weighted by molar-refractivity contribution is -0.154. The van der Waals surface area contributed by atoms with Crippen LogP contribution in [0.2, 0.25) is 0 Å². The number of hydrogen-bond acceptors (Lipinski definition) is 5. The number of carbonyl (C=O) groups excluding carboxylic acids is 3. The van der Waals surface area contributed by atoms with Crippen molar-refractivity contribution < 1.29 is 23.5 Å². The van der Waals surface area contributed by atoms with E-state index in [9.17, 15) is 14.4 Å². The molecule has 0 aliphatic carbocycles. The summed E-state index contributed by atoms with van der Waals surface area (Å²) in [4.78, 5) is 42.6. The van der Waals surface area contributed by atoms with Crippen LogP contribution in [0.4, 0.5) is 0 Å². The van der Waals surface area contributed by atoms with Gasteiger partial charge in [0.05, 0.1) is 13.2 Å². The second-order valence-electron chi connectivity index (χ2n) is 7.19. The van der Waals surface area contributed by atoms with Crippen molar-refractivity contribution in [2.24, 2.45) is 0 Å². The van der Waals surface area contributed by atoms with Gasteiger partial charge in [-0.3, -0.25) is 14.4 Å². The minimum absolute atomic E-state index is 0.193. The molecule has 0 atom stereocenters. The second kappa shape index (κ2) is 8.16. The molecule has 0 radical (unpaired) electrons. The van der Waals surface area contributed by atoms with Crippen molar-refractivity contribution in [2.45, 2.75) is 6.92 Å². The fraction of sp³-hybridized carbons (Fsp3) is 0.450. The molecule has 8 nitrogen and oxygen atoms in total. The Morgan fingerprint density at radius 2 is 1.48 bits per heavy atom. The van der Waals surface area contributed by atoms with E-state index >= 15 is 0 Å². The van der Waals surface area contributed by atoms with Crippen molar-refractivity contribution in [2.75, 3.05) is 52.5 Å². The van der Waals surface area contributed by atoms with Crippen LogP contribution in [-0.4, -0.2) is 84.9 Å². The third kappa shape index (κ3) is 3.89. The Hall–Kier alpha value is -2.39.